The second kappa shape index (κ2) is 6.57. The molecule has 2 N–H and O–H groups in total. The maximum absolute atomic E-state index is 13.5. The third kappa shape index (κ3) is 4.03. The van der Waals surface area contributed by atoms with Crippen molar-refractivity contribution in [1.29, 1.82) is 0 Å². The van der Waals surface area contributed by atoms with Gasteiger partial charge in [-0.3, -0.25) is 0 Å². The molecule has 0 saturated carbocycles. The second-order valence-electron chi connectivity index (χ2n) is 3.64. The normalized spacial score (nSPS) is 12.8. The first-order chi connectivity index (χ1) is 7.52. The average Bonchev–Trinajstić information content (AvgIpc) is 2.22. The van der Waals surface area contributed by atoms with Gasteiger partial charge in [-0.2, -0.15) is 11.8 Å². The highest BCUT2D eigenvalue weighted by Gasteiger charge is 2.11. The zero-order chi connectivity index (χ0) is 12.1. The van der Waals surface area contributed by atoms with Crippen molar-refractivity contribution in [2.75, 3.05) is 5.75 Å². The SMILES string of the molecule is CC(N)CCSCc1c(F)ccc(Br)c1F. The lowest BCUT2D eigenvalue weighted by Gasteiger charge is -2.07. The average molecular weight is 310 g/mol. The molecule has 16 heavy (non-hydrogen) atoms. The number of rotatable bonds is 5. The van der Waals surface area contributed by atoms with Crippen LogP contribution in [0.3, 0.4) is 0 Å². The highest BCUT2D eigenvalue weighted by atomic mass is 79.9. The largest absolute Gasteiger partial charge is 0.328 e. The van der Waals surface area contributed by atoms with E-state index in [-0.39, 0.29) is 11.6 Å². The molecule has 1 aromatic carbocycles. The summed E-state index contributed by atoms with van der Waals surface area (Å²) in [7, 11) is 0. The summed E-state index contributed by atoms with van der Waals surface area (Å²) in [5.41, 5.74) is 5.72. The van der Waals surface area contributed by atoms with Crippen LogP contribution in [0.2, 0.25) is 0 Å². The zero-order valence-corrected chi connectivity index (χ0v) is 11.4. The molecular weight excluding hydrogens is 296 g/mol. The second-order valence-corrected chi connectivity index (χ2v) is 5.60. The van der Waals surface area contributed by atoms with Crippen molar-refractivity contribution in [3.8, 4) is 0 Å². The number of hydrogen-bond acceptors (Lipinski definition) is 2. The molecule has 0 saturated heterocycles. The predicted octanol–water partition coefficient (Wildman–Crippen LogP) is 3.70. The lowest BCUT2D eigenvalue weighted by Crippen LogP contribution is -2.15. The maximum Gasteiger partial charge on any atom is 0.144 e. The molecule has 0 radical (unpaired) electrons. The summed E-state index contributed by atoms with van der Waals surface area (Å²) in [5.74, 6) is 0.148. The van der Waals surface area contributed by atoms with Crippen molar-refractivity contribution < 1.29 is 8.78 Å². The fourth-order valence-electron chi connectivity index (χ4n) is 1.14. The monoisotopic (exact) mass is 309 g/mol. The van der Waals surface area contributed by atoms with Gasteiger partial charge in [0.2, 0.25) is 0 Å². The van der Waals surface area contributed by atoms with Gasteiger partial charge in [0.25, 0.3) is 0 Å². The predicted molar refractivity (Wildman–Crippen MR) is 68.5 cm³/mol. The van der Waals surface area contributed by atoms with E-state index in [1.54, 1.807) is 0 Å². The van der Waals surface area contributed by atoms with Gasteiger partial charge in [0.05, 0.1) is 4.47 Å². The fourth-order valence-corrected chi connectivity index (χ4v) is 2.67. The summed E-state index contributed by atoms with van der Waals surface area (Å²) >= 11 is 4.53. The zero-order valence-electron chi connectivity index (χ0n) is 8.97. The molecule has 1 unspecified atom stereocenters. The molecule has 1 atom stereocenters. The Balaban J connectivity index is 2.56. The van der Waals surface area contributed by atoms with Crippen LogP contribution in [0.1, 0.15) is 18.9 Å². The van der Waals surface area contributed by atoms with Gasteiger partial charge >= 0.3 is 0 Å². The van der Waals surface area contributed by atoms with Gasteiger partial charge < -0.3 is 5.73 Å². The summed E-state index contributed by atoms with van der Waals surface area (Å²) in [6.45, 7) is 1.92. The smallest absolute Gasteiger partial charge is 0.144 e. The van der Waals surface area contributed by atoms with E-state index in [0.717, 1.165) is 12.2 Å². The lowest BCUT2D eigenvalue weighted by atomic mass is 10.2. The molecule has 0 aromatic heterocycles. The van der Waals surface area contributed by atoms with Gasteiger partial charge in [-0.25, -0.2) is 8.78 Å². The highest BCUT2D eigenvalue weighted by Crippen LogP contribution is 2.25. The topological polar surface area (TPSA) is 26.0 Å². The minimum absolute atomic E-state index is 0.129. The van der Waals surface area contributed by atoms with Crippen LogP contribution in [-0.4, -0.2) is 11.8 Å². The van der Waals surface area contributed by atoms with Gasteiger partial charge in [-0.1, -0.05) is 0 Å². The number of nitrogens with two attached hydrogens (primary N) is 1. The quantitative estimate of drug-likeness (QED) is 0.663. The van der Waals surface area contributed by atoms with E-state index in [4.69, 9.17) is 5.73 Å². The Morgan fingerprint density at radius 2 is 2.12 bits per heavy atom. The highest BCUT2D eigenvalue weighted by molar-refractivity contribution is 9.10. The molecule has 0 spiro atoms. The fraction of sp³-hybridized carbons (Fsp3) is 0.455. The molecule has 5 heteroatoms. The van der Waals surface area contributed by atoms with E-state index in [9.17, 15) is 8.78 Å². The van der Waals surface area contributed by atoms with Crippen LogP contribution in [0.4, 0.5) is 8.78 Å². The van der Waals surface area contributed by atoms with Crippen molar-refractivity contribution in [3.63, 3.8) is 0 Å². The minimum atomic E-state index is -0.506. The number of benzene rings is 1. The van der Waals surface area contributed by atoms with Crippen LogP contribution < -0.4 is 5.73 Å². The van der Waals surface area contributed by atoms with E-state index in [1.807, 2.05) is 6.92 Å². The molecule has 1 nitrogen and oxygen atoms in total. The summed E-state index contributed by atoms with van der Waals surface area (Å²) in [5, 5.41) is 0. The number of thioether (sulfide) groups is 1. The van der Waals surface area contributed by atoms with Gasteiger partial charge in [0, 0.05) is 17.4 Å². The third-order valence-electron chi connectivity index (χ3n) is 2.10. The van der Waals surface area contributed by atoms with Gasteiger partial charge in [0.1, 0.15) is 11.6 Å². The Bertz CT molecular complexity index is 358. The van der Waals surface area contributed by atoms with Gasteiger partial charge in [-0.05, 0) is 47.2 Å². The van der Waals surface area contributed by atoms with Crippen molar-refractivity contribution in [2.45, 2.75) is 25.1 Å². The maximum atomic E-state index is 13.5. The first kappa shape index (κ1) is 13.9. The van der Waals surface area contributed by atoms with Crippen molar-refractivity contribution >= 4 is 27.7 Å². The van der Waals surface area contributed by atoms with Crippen LogP contribution in [-0.2, 0) is 5.75 Å². The number of halogens is 3. The Hall–Kier alpha value is -0.130. The Morgan fingerprint density at radius 1 is 1.44 bits per heavy atom. The van der Waals surface area contributed by atoms with E-state index >= 15 is 0 Å². The summed E-state index contributed by atoms with van der Waals surface area (Å²) in [6.07, 6.45) is 0.849. The molecule has 0 bridgehead atoms. The first-order valence-electron chi connectivity index (χ1n) is 4.98. The molecule has 0 fully saturated rings. The molecule has 0 amide bonds. The van der Waals surface area contributed by atoms with Gasteiger partial charge in [0.15, 0.2) is 0 Å². The first-order valence-corrected chi connectivity index (χ1v) is 6.93. The van der Waals surface area contributed by atoms with Crippen LogP contribution >= 0.6 is 27.7 Å². The van der Waals surface area contributed by atoms with Crippen molar-refractivity contribution in [2.24, 2.45) is 5.73 Å². The Morgan fingerprint density at radius 3 is 2.75 bits per heavy atom. The Labute approximate surface area is 107 Å². The molecule has 0 aliphatic carbocycles. The standard InChI is InChI=1S/C11H14BrF2NS/c1-7(15)4-5-16-6-8-10(13)3-2-9(12)11(8)14/h2-3,7H,4-6,15H2,1H3. The van der Waals surface area contributed by atoms with E-state index in [1.165, 1.54) is 23.9 Å². The lowest BCUT2D eigenvalue weighted by molar-refractivity contribution is 0.562. The molecule has 0 aliphatic rings. The minimum Gasteiger partial charge on any atom is -0.328 e. The van der Waals surface area contributed by atoms with Crippen LogP contribution in [0.25, 0.3) is 0 Å². The molecular formula is C11H14BrF2NS. The third-order valence-corrected chi connectivity index (χ3v) is 3.73. The van der Waals surface area contributed by atoms with Crippen molar-refractivity contribution in [3.05, 3.63) is 33.8 Å². The van der Waals surface area contributed by atoms with Crippen LogP contribution in [0, 0.1) is 11.6 Å². The Kier molecular flexibility index (Phi) is 5.72. The molecule has 90 valence electrons. The van der Waals surface area contributed by atoms with E-state index in [2.05, 4.69) is 15.9 Å². The summed E-state index contributed by atoms with van der Waals surface area (Å²) < 4.78 is 27.1. The van der Waals surface area contributed by atoms with E-state index < -0.39 is 11.6 Å². The molecule has 1 aromatic rings. The molecule has 1 rings (SSSR count). The summed E-state index contributed by atoms with van der Waals surface area (Å²) in [4.78, 5) is 0. The van der Waals surface area contributed by atoms with E-state index in [0.29, 0.717) is 10.2 Å². The number of hydrogen-bond donors (Lipinski definition) is 1. The van der Waals surface area contributed by atoms with Crippen LogP contribution in [0.5, 0.6) is 0 Å². The molecule has 0 aliphatic heterocycles. The molecule has 0 heterocycles. The van der Waals surface area contributed by atoms with Crippen molar-refractivity contribution in [1.82, 2.24) is 0 Å². The summed E-state index contributed by atoms with van der Waals surface area (Å²) in [6, 6.07) is 2.78. The van der Waals surface area contributed by atoms with Crippen LogP contribution in [0.15, 0.2) is 16.6 Å². The van der Waals surface area contributed by atoms with Gasteiger partial charge in [-0.15, -0.1) is 0 Å².